The summed E-state index contributed by atoms with van der Waals surface area (Å²) in [6.07, 6.45) is 3.69. The largest absolute Gasteiger partial charge is 0.300 e. The lowest BCUT2D eigenvalue weighted by molar-refractivity contribution is -0.124. The third-order valence-corrected chi connectivity index (χ3v) is 3.54. The van der Waals surface area contributed by atoms with Gasteiger partial charge in [0.05, 0.1) is 0 Å². The minimum Gasteiger partial charge on any atom is -0.300 e. The minimum absolute atomic E-state index is 0.351. The second kappa shape index (κ2) is 4.26. The molecular weight excluding hydrogens is 160 g/mol. The lowest BCUT2D eigenvalue weighted by Gasteiger charge is -2.35. The van der Waals surface area contributed by atoms with Crippen LogP contribution in [0.4, 0.5) is 0 Å². The Kier molecular flexibility index (Phi) is 3.52. The number of carbonyl (C=O) groups excluding carboxylic acids is 1. The zero-order valence-electron chi connectivity index (χ0n) is 9.34. The Morgan fingerprint density at radius 3 is 2.38 bits per heavy atom. The molecule has 1 aliphatic rings. The van der Waals surface area contributed by atoms with E-state index in [2.05, 4.69) is 20.8 Å². The van der Waals surface area contributed by atoms with E-state index in [0.717, 1.165) is 12.3 Å². The quantitative estimate of drug-likeness (QED) is 0.640. The molecule has 1 nitrogen and oxygen atoms in total. The van der Waals surface area contributed by atoms with Crippen LogP contribution < -0.4 is 0 Å². The molecule has 0 saturated heterocycles. The number of hydrogen-bond acceptors (Lipinski definition) is 1. The predicted molar refractivity (Wildman–Crippen MR) is 55.5 cm³/mol. The van der Waals surface area contributed by atoms with Gasteiger partial charge in [0.1, 0.15) is 5.78 Å². The third kappa shape index (κ3) is 2.55. The Morgan fingerprint density at radius 2 is 1.92 bits per heavy atom. The summed E-state index contributed by atoms with van der Waals surface area (Å²) in [7, 11) is 0. The minimum atomic E-state index is 0.351. The van der Waals surface area contributed by atoms with E-state index in [4.69, 9.17) is 0 Å². The van der Waals surface area contributed by atoms with Gasteiger partial charge in [0.2, 0.25) is 0 Å². The summed E-state index contributed by atoms with van der Waals surface area (Å²) in [5, 5.41) is 0. The molecule has 0 unspecified atom stereocenters. The summed E-state index contributed by atoms with van der Waals surface area (Å²) < 4.78 is 0. The van der Waals surface area contributed by atoms with Gasteiger partial charge < -0.3 is 0 Å². The topological polar surface area (TPSA) is 17.1 Å². The predicted octanol–water partition coefficient (Wildman–Crippen LogP) is 3.28. The van der Waals surface area contributed by atoms with Crippen molar-refractivity contribution in [3.8, 4) is 0 Å². The van der Waals surface area contributed by atoms with Crippen LogP contribution in [-0.4, -0.2) is 5.78 Å². The fourth-order valence-corrected chi connectivity index (χ4v) is 2.67. The average molecular weight is 182 g/mol. The molecule has 0 radical (unpaired) electrons. The second-order valence-electron chi connectivity index (χ2n) is 5.04. The van der Waals surface area contributed by atoms with Gasteiger partial charge in [-0.25, -0.2) is 0 Å². The maximum atomic E-state index is 11.5. The molecule has 1 rings (SSSR count). The lowest BCUT2D eigenvalue weighted by Crippen LogP contribution is -2.32. The van der Waals surface area contributed by atoms with Gasteiger partial charge in [0, 0.05) is 5.92 Å². The van der Waals surface area contributed by atoms with Crippen molar-refractivity contribution in [3.05, 3.63) is 0 Å². The molecule has 3 atom stereocenters. The number of hydrogen-bond donors (Lipinski definition) is 0. The molecule has 1 heteroatoms. The van der Waals surface area contributed by atoms with E-state index in [-0.39, 0.29) is 0 Å². The molecule has 1 saturated carbocycles. The van der Waals surface area contributed by atoms with Crippen molar-refractivity contribution in [1.29, 1.82) is 0 Å². The smallest absolute Gasteiger partial charge is 0.133 e. The van der Waals surface area contributed by atoms with E-state index >= 15 is 0 Å². The second-order valence-corrected chi connectivity index (χ2v) is 5.04. The van der Waals surface area contributed by atoms with E-state index in [1.165, 1.54) is 12.8 Å². The zero-order chi connectivity index (χ0) is 10.0. The fraction of sp³-hybridized carbons (Fsp3) is 0.917. The summed E-state index contributed by atoms with van der Waals surface area (Å²) in [5.41, 5.74) is 0. The van der Waals surface area contributed by atoms with Crippen LogP contribution in [0, 0.1) is 23.7 Å². The molecule has 76 valence electrons. The van der Waals surface area contributed by atoms with Gasteiger partial charge in [-0.15, -0.1) is 0 Å². The first-order chi connectivity index (χ1) is 6.02. The Balaban J connectivity index is 2.66. The van der Waals surface area contributed by atoms with Crippen molar-refractivity contribution < 1.29 is 4.79 Å². The third-order valence-electron chi connectivity index (χ3n) is 3.54. The van der Waals surface area contributed by atoms with Crippen LogP contribution in [0.15, 0.2) is 0 Å². The first-order valence-corrected chi connectivity index (χ1v) is 5.52. The van der Waals surface area contributed by atoms with Crippen molar-refractivity contribution >= 4 is 5.78 Å². The summed E-state index contributed by atoms with van der Waals surface area (Å²) in [5.74, 6) is 2.83. The first-order valence-electron chi connectivity index (χ1n) is 5.52. The molecule has 0 aromatic heterocycles. The van der Waals surface area contributed by atoms with Crippen LogP contribution in [0.2, 0.25) is 0 Å². The molecule has 0 aliphatic heterocycles. The molecule has 0 amide bonds. The maximum Gasteiger partial charge on any atom is 0.133 e. The van der Waals surface area contributed by atoms with Gasteiger partial charge >= 0.3 is 0 Å². The summed E-state index contributed by atoms with van der Waals surface area (Å²) in [6.45, 7) is 8.53. The highest BCUT2D eigenvalue weighted by Crippen LogP contribution is 2.38. The Hall–Kier alpha value is -0.330. The maximum absolute atomic E-state index is 11.5. The molecule has 0 aromatic rings. The van der Waals surface area contributed by atoms with Crippen molar-refractivity contribution in [2.75, 3.05) is 0 Å². The molecule has 13 heavy (non-hydrogen) atoms. The van der Waals surface area contributed by atoms with Gasteiger partial charge in [-0.2, -0.15) is 0 Å². The van der Waals surface area contributed by atoms with Gasteiger partial charge in [-0.1, -0.05) is 27.2 Å². The van der Waals surface area contributed by atoms with E-state index < -0.39 is 0 Å². The normalized spacial score (nSPS) is 35.0. The van der Waals surface area contributed by atoms with Crippen LogP contribution >= 0.6 is 0 Å². The van der Waals surface area contributed by atoms with Crippen molar-refractivity contribution in [2.45, 2.75) is 47.0 Å². The van der Waals surface area contributed by atoms with Crippen LogP contribution in [-0.2, 0) is 4.79 Å². The summed E-state index contributed by atoms with van der Waals surface area (Å²) in [6, 6.07) is 0. The molecule has 0 spiro atoms. The van der Waals surface area contributed by atoms with Gasteiger partial charge in [-0.3, -0.25) is 4.79 Å². The van der Waals surface area contributed by atoms with Gasteiger partial charge in [-0.05, 0) is 37.5 Å². The summed E-state index contributed by atoms with van der Waals surface area (Å²) >= 11 is 0. The van der Waals surface area contributed by atoms with Crippen molar-refractivity contribution in [1.82, 2.24) is 0 Å². The molecule has 1 fully saturated rings. The van der Waals surface area contributed by atoms with Crippen molar-refractivity contribution in [2.24, 2.45) is 23.7 Å². The zero-order valence-corrected chi connectivity index (χ0v) is 9.34. The fourth-order valence-electron chi connectivity index (χ4n) is 2.67. The highest BCUT2D eigenvalue weighted by atomic mass is 16.1. The molecule has 1 aliphatic carbocycles. The van der Waals surface area contributed by atoms with Crippen LogP contribution in [0.3, 0.4) is 0 Å². The van der Waals surface area contributed by atoms with Crippen LogP contribution in [0.1, 0.15) is 47.0 Å². The Bertz CT molecular complexity index is 184. The van der Waals surface area contributed by atoms with Crippen molar-refractivity contribution in [3.63, 3.8) is 0 Å². The van der Waals surface area contributed by atoms with E-state index in [9.17, 15) is 4.79 Å². The molecule has 0 heterocycles. The first kappa shape index (κ1) is 10.7. The van der Waals surface area contributed by atoms with E-state index in [1.54, 1.807) is 6.92 Å². The van der Waals surface area contributed by atoms with E-state index in [1.807, 2.05) is 0 Å². The average Bonchev–Trinajstić information content (AvgIpc) is 2.03. The van der Waals surface area contributed by atoms with Gasteiger partial charge in [0.15, 0.2) is 0 Å². The monoisotopic (exact) mass is 182 g/mol. The van der Waals surface area contributed by atoms with Gasteiger partial charge in [0.25, 0.3) is 0 Å². The number of Topliss-reactive ketones (excluding diaryl/α,β-unsaturated/α-hetero) is 1. The summed E-state index contributed by atoms with van der Waals surface area (Å²) in [4.78, 5) is 11.5. The SMILES string of the molecule is CC(=O)[C@@H]1C[C@H](C)CC[C@@H]1C(C)C. The molecule has 0 aromatic carbocycles. The number of rotatable bonds is 2. The molecule has 0 N–H and O–H groups in total. The standard InChI is InChI=1S/C12H22O/c1-8(2)11-6-5-9(3)7-12(11)10(4)13/h8-9,11-12H,5-7H2,1-4H3/t9-,11-,12+/m1/s1. The van der Waals surface area contributed by atoms with E-state index in [0.29, 0.717) is 23.5 Å². The Morgan fingerprint density at radius 1 is 1.31 bits per heavy atom. The molecule has 0 bridgehead atoms. The Labute approximate surface area is 81.9 Å². The number of ketones is 1. The van der Waals surface area contributed by atoms with Crippen LogP contribution in [0.25, 0.3) is 0 Å². The van der Waals surface area contributed by atoms with Crippen LogP contribution in [0.5, 0.6) is 0 Å². The highest BCUT2D eigenvalue weighted by Gasteiger charge is 2.33. The highest BCUT2D eigenvalue weighted by molar-refractivity contribution is 5.78. The molecular formula is C12H22O. The lowest BCUT2D eigenvalue weighted by atomic mass is 9.69. The number of carbonyl (C=O) groups is 1.